The Morgan fingerprint density at radius 1 is 1.10 bits per heavy atom. The lowest BCUT2D eigenvalue weighted by Crippen LogP contribution is -2.01. The van der Waals surface area contributed by atoms with Crippen molar-refractivity contribution in [3.63, 3.8) is 0 Å². The molecule has 3 nitrogen and oxygen atoms in total. The second-order valence-corrected chi connectivity index (χ2v) is 5.21. The topological polar surface area (TPSA) is 42.6 Å². The Hall–Kier alpha value is -1.64. The van der Waals surface area contributed by atoms with Gasteiger partial charge in [0, 0.05) is 11.1 Å². The molecule has 0 unspecified atom stereocenters. The fraction of sp³-hybridized carbons (Fsp3) is 0.529. The minimum absolute atomic E-state index is 0.370. The van der Waals surface area contributed by atoms with E-state index in [2.05, 4.69) is 13.8 Å². The van der Waals surface area contributed by atoms with Crippen LogP contribution in [0.15, 0.2) is 16.7 Å². The molecule has 0 saturated heterocycles. The van der Waals surface area contributed by atoms with Crippen LogP contribution in [0, 0.1) is 0 Å². The summed E-state index contributed by atoms with van der Waals surface area (Å²) < 4.78 is 11.1. The van der Waals surface area contributed by atoms with Crippen molar-refractivity contribution >= 4 is 11.0 Å². The van der Waals surface area contributed by atoms with Crippen LogP contribution in [0.4, 0.5) is 0 Å². The normalized spacial score (nSPS) is 11.2. The fourth-order valence-corrected chi connectivity index (χ4v) is 2.71. The van der Waals surface area contributed by atoms with Crippen LogP contribution < -0.4 is 4.74 Å². The maximum Gasteiger partial charge on any atom is 0.179 e. The summed E-state index contributed by atoms with van der Waals surface area (Å²) >= 11 is 0. The van der Waals surface area contributed by atoms with Crippen LogP contribution >= 0.6 is 0 Å². The minimum Gasteiger partial charge on any atom is -0.507 e. The van der Waals surface area contributed by atoms with Gasteiger partial charge < -0.3 is 14.3 Å². The van der Waals surface area contributed by atoms with E-state index in [0.717, 1.165) is 60.8 Å². The predicted molar refractivity (Wildman–Crippen MR) is 81.7 cm³/mol. The first-order valence-electron chi connectivity index (χ1n) is 7.52. The molecular weight excluding hydrogens is 252 g/mol. The molecule has 1 heterocycles. The van der Waals surface area contributed by atoms with Gasteiger partial charge in [0.1, 0.15) is 5.75 Å². The number of hydrogen-bond acceptors (Lipinski definition) is 3. The predicted octanol–water partition coefficient (Wildman–Crippen LogP) is 4.83. The van der Waals surface area contributed by atoms with E-state index in [9.17, 15) is 5.11 Å². The third kappa shape index (κ3) is 2.62. The largest absolute Gasteiger partial charge is 0.507 e. The number of benzene rings is 1. The summed E-state index contributed by atoms with van der Waals surface area (Å²) in [6.07, 6.45) is 7.80. The average molecular weight is 276 g/mol. The summed E-state index contributed by atoms with van der Waals surface area (Å²) in [5, 5.41) is 11.3. The van der Waals surface area contributed by atoms with Crippen molar-refractivity contribution in [3.8, 4) is 11.5 Å². The zero-order valence-electron chi connectivity index (χ0n) is 12.7. The number of unbranched alkanes of at least 4 members (excludes halogenated alkanes) is 2. The number of aromatic hydroxyl groups is 1. The van der Waals surface area contributed by atoms with Crippen molar-refractivity contribution in [3.05, 3.63) is 23.5 Å². The van der Waals surface area contributed by atoms with Crippen LogP contribution in [0.1, 0.15) is 50.7 Å². The first-order chi connectivity index (χ1) is 9.74. The fourth-order valence-electron chi connectivity index (χ4n) is 2.71. The molecule has 1 aromatic carbocycles. The number of phenolic OH excluding ortho intramolecular Hbond substituents is 1. The van der Waals surface area contributed by atoms with Crippen LogP contribution in [0.25, 0.3) is 11.0 Å². The summed E-state index contributed by atoms with van der Waals surface area (Å²) in [4.78, 5) is 0. The van der Waals surface area contributed by atoms with Crippen molar-refractivity contribution in [1.29, 1.82) is 0 Å². The molecule has 1 aromatic heterocycles. The number of hydrogen-bond donors (Lipinski definition) is 1. The summed E-state index contributed by atoms with van der Waals surface area (Å²) in [5.74, 6) is 1.16. The van der Waals surface area contributed by atoms with Gasteiger partial charge in [-0.1, -0.05) is 26.7 Å². The van der Waals surface area contributed by atoms with Crippen LogP contribution in [-0.2, 0) is 12.8 Å². The lowest BCUT2D eigenvalue weighted by Gasteiger charge is -2.16. The molecule has 0 aliphatic rings. The Morgan fingerprint density at radius 2 is 1.75 bits per heavy atom. The summed E-state index contributed by atoms with van der Waals surface area (Å²) in [6.45, 7) is 4.33. The highest BCUT2D eigenvalue weighted by Gasteiger charge is 2.21. The quantitative estimate of drug-likeness (QED) is 0.787. The zero-order valence-corrected chi connectivity index (χ0v) is 12.7. The van der Waals surface area contributed by atoms with Crippen LogP contribution in [0.2, 0.25) is 0 Å². The van der Waals surface area contributed by atoms with Gasteiger partial charge >= 0.3 is 0 Å². The molecule has 0 aliphatic carbocycles. The van der Waals surface area contributed by atoms with E-state index in [1.165, 1.54) is 0 Å². The molecule has 110 valence electrons. The third-order valence-corrected chi connectivity index (χ3v) is 3.82. The molecule has 0 saturated carbocycles. The lowest BCUT2D eigenvalue weighted by molar-refractivity contribution is 0.401. The van der Waals surface area contributed by atoms with Gasteiger partial charge in [-0.2, -0.15) is 0 Å². The second kappa shape index (κ2) is 6.69. The molecule has 1 N–H and O–H groups in total. The van der Waals surface area contributed by atoms with Crippen molar-refractivity contribution in [2.45, 2.75) is 52.4 Å². The molecule has 0 spiro atoms. The van der Waals surface area contributed by atoms with Crippen molar-refractivity contribution < 1.29 is 14.3 Å². The smallest absolute Gasteiger partial charge is 0.179 e. The van der Waals surface area contributed by atoms with Gasteiger partial charge in [0.2, 0.25) is 0 Å². The molecule has 0 fully saturated rings. The van der Waals surface area contributed by atoms with E-state index >= 15 is 0 Å². The van der Waals surface area contributed by atoms with Gasteiger partial charge in [-0.05, 0) is 31.7 Å². The molecule has 2 aromatic rings. The first-order valence-corrected chi connectivity index (χ1v) is 7.52. The molecule has 0 radical (unpaired) electrons. The number of furan rings is 1. The van der Waals surface area contributed by atoms with Crippen LogP contribution in [0.5, 0.6) is 11.5 Å². The van der Waals surface area contributed by atoms with Gasteiger partial charge in [0.25, 0.3) is 0 Å². The van der Waals surface area contributed by atoms with Gasteiger partial charge in [-0.3, -0.25) is 0 Å². The number of methoxy groups -OCH3 is 1. The standard InChI is InChI=1S/C17H24O3/c1-4-6-8-12-13(9-7-5-2)16(19-3)17-14(15(12)18)10-11-20-17/h10-11,18H,4-9H2,1-3H3. The Balaban J connectivity index is 2.60. The summed E-state index contributed by atoms with van der Waals surface area (Å²) in [7, 11) is 1.67. The molecule has 0 bridgehead atoms. The highest BCUT2D eigenvalue weighted by molar-refractivity contribution is 5.91. The van der Waals surface area contributed by atoms with Crippen molar-refractivity contribution in [2.24, 2.45) is 0 Å². The number of ether oxygens (including phenoxy) is 1. The molecule has 0 aliphatic heterocycles. The SMILES string of the molecule is CCCCc1c(CCCC)c(OC)c2occc2c1O. The molecule has 0 amide bonds. The monoisotopic (exact) mass is 276 g/mol. The van der Waals surface area contributed by atoms with E-state index in [-0.39, 0.29) is 0 Å². The summed E-state index contributed by atoms with van der Waals surface area (Å²) in [6, 6.07) is 1.81. The average Bonchev–Trinajstić information content (AvgIpc) is 2.94. The zero-order chi connectivity index (χ0) is 14.5. The lowest BCUT2D eigenvalue weighted by atomic mass is 9.94. The molecular formula is C17H24O3. The summed E-state index contributed by atoms with van der Waals surface area (Å²) in [5.41, 5.74) is 2.81. The Bertz CT molecular complexity index is 569. The minimum atomic E-state index is 0.370. The number of phenols is 1. The van der Waals surface area contributed by atoms with Gasteiger partial charge in [-0.15, -0.1) is 0 Å². The Labute approximate surface area is 120 Å². The second-order valence-electron chi connectivity index (χ2n) is 5.21. The van der Waals surface area contributed by atoms with Crippen molar-refractivity contribution in [1.82, 2.24) is 0 Å². The Morgan fingerprint density at radius 3 is 2.35 bits per heavy atom. The molecule has 20 heavy (non-hydrogen) atoms. The van der Waals surface area contributed by atoms with Crippen LogP contribution in [0.3, 0.4) is 0 Å². The van der Waals surface area contributed by atoms with E-state index in [1.54, 1.807) is 13.4 Å². The Kier molecular flexibility index (Phi) is 4.94. The van der Waals surface area contributed by atoms with Crippen molar-refractivity contribution in [2.75, 3.05) is 7.11 Å². The first kappa shape index (κ1) is 14.8. The highest BCUT2D eigenvalue weighted by atomic mass is 16.5. The van der Waals surface area contributed by atoms with E-state index in [4.69, 9.17) is 9.15 Å². The highest BCUT2D eigenvalue weighted by Crippen LogP contribution is 2.42. The maximum absolute atomic E-state index is 10.5. The number of fused-ring (bicyclic) bond motifs is 1. The third-order valence-electron chi connectivity index (χ3n) is 3.82. The molecule has 3 heteroatoms. The van der Waals surface area contributed by atoms with E-state index in [1.807, 2.05) is 6.07 Å². The van der Waals surface area contributed by atoms with E-state index in [0.29, 0.717) is 11.3 Å². The van der Waals surface area contributed by atoms with Gasteiger partial charge in [-0.25, -0.2) is 0 Å². The van der Waals surface area contributed by atoms with E-state index < -0.39 is 0 Å². The van der Waals surface area contributed by atoms with Gasteiger partial charge in [0.15, 0.2) is 11.3 Å². The molecule has 0 atom stereocenters. The van der Waals surface area contributed by atoms with Gasteiger partial charge in [0.05, 0.1) is 18.8 Å². The maximum atomic E-state index is 10.5. The molecule has 2 rings (SSSR count). The van der Waals surface area contributed by atoms with Crippen LogP contribution in [-0.4, -0.2) is 12.2 Å². The number of rotatable bonds is 7.